The zero-order valence-electron chi connectivity index (χ0n) is 13.3. The molecule has 2 heteroatoms. The van der Waals surface area contributed by atoms with Crippen LogP contribution in [-0.2, 0) is 4.74 Å². The third-order valence-electron chi connectivity index (χ3n) is 3.55. The van der Waals surface area contributed by atoms with E-state index in [9.17, 15) is 5.11 Å². The Morgan fingerprint density at radius 2 is 1.55 bits per heavy atom. The number of rotatable bonds is 10. The number of aryl methyl sites for hydroxylation is 2. The van der Waals surface area contributed by atoms with Gasteiger partial charge in [-0.15, -0.1) is 0 Å². The highest BCUT2D eigenvalue weighted by Crippen LogP contribution is 2.17. The topological polar surface area (TPSA) is 29.5 Å². The molecule has 0 fully saturated rings. The standard InChI is InChI=1S/C18H30O2/c1-4-5-6-7-8-9-10-20-14-18(19)17-12-15(2)11-16(3)13-17/h11-13,18-19H,4-10,14H2,1-3H3. The van der Waals surface area contributed by atoms with Crippen molar-refractivity contribution in [1.82, 2.24) is 0 Å². The Balaban J connectivity index is 2.15. The van der Waals surface area contributed by atoms with Crippen molar-refractivity contribution >= 4 is 0 Å². The van der Waals surface area contributed by atoms with Crippen molar-refractivity contribution in [2.75, 3.05) is 13.2 Å². The molecule has 1 atom stereocenters. The van der Waals surface area contributed by atoms with Gasteiger partial charge in [-0.2, -0.15) is 0 Å². The predicted molar refractivity (Wildman–Crippen MR) is 85.1 cm³/mol. The van der Waals surface area contributed by atoms with Crippen LogP contribution in [0.1, 0.15) is 68.2 Å². The molecule has 1 unspecified atom stereocenters. The average molecular weight is 278 g/mol. The molecule has 1 rings (SSSR count). The van der Waals surface area contributed by atoms with Crippen molar-refractivity contribution in [2.24, 2.45) is 0 Å². The van der Waals surface area contributed by atoms with Gasteiger partial charge in [0.1, 0.15) is 6.10 Å². The van der Waals surface area contributed by atoms with E-state index < -0.39 is 6.10 Å². The first kappa shape index (κ1) is 17.2. The van der Waals surface area contributed by atoms with E-state index >= 15 is 0 Å². The quantitative estimate of drug-likeness (QED) is 0.628. The van der Waals surface area contributed by atoms with Crippen molar-refractivity contribution in [2.45, 2.75) is 65.4 Å². The van der Waals surface area contributed by atoms with Gasteiger partial charge in [0.2, 0.25) is 0 Å². The lowest BCUT2D eigenvalue weighted by atomic mass is 10.0. The van der Waals surface area contributed by atoms with Crippen molar-refractivity contribution in [3.05, 3.63) is 34.9 Å². The molecular weight excluding hydrogens is 248 g/mol. The largest absolute Gasteiger partial charge is 0.386 e. The second-order valence-electron chi connectivity index (χ2n) is 5.78. The summed E-state index contributed by atoms with van der Waals surface area (Å²) in [4.78, 5) is 0. The van der Waals surface area contributed by atoms with Crippen molar-refractivity contribution < 1.29 is 9.84 Å². The van der Waals surface area contributed by atoms with Crippen molar-refractivity contribution in [3.63, 3.8) is 0 Å². The minimum absolute atomic E-state index is 0.401. The lowest BCUT2D eigenvalue weighted by molar-refractivity contribution is 0.0344. The van der Waals surface area contributed by atoms with E-state index in [-0.39, 0.29) is 0 Å². The van der Waals surface area contributed by atoms with Gasteiger partial charge in [0.25, 0.3) is 0 Å². The molecule has 0 aliphatic carbocycles. The summed E-state index contributed by atoms with van der Waals surface area (Å²) in [5.74, 6) is 0. The Labute approximate surface area is 124 Å². The number of benzene rings is 1. The normalized spacial score (nSPS) is 12.6. The fourth-order valence-electron chi connectivity index (χ4n) is 2.48. The van der Waals surface area contributed by atoms with E-state index in [1.807, 2.05) is 12.1 Å². The van der Waals surface area contributed by atoms with E-state index in [0.717, 1.165) is 18.6 Å². The smallest absolute Gasteiger partial charge is 0.102 e. The van der Waals surface area contributed by atoms with E-state index in [0.29, 0.717) is 6.61 Å². The molecule has 0 saturated carbocycles. The molecule has 0 spiro atoms. The highest BCUT2D eigenvalue weighted by molar-refractivity contribution is 5.29. The molecule has 0 bridgehead atoms. The van der Waals surface area contributed by atoms with Gasteiger partial charge in [0.05, 0.1) is 6.61 Å². The maximum Gasteiger partial charge on any atom is 0.102 e. The lowest BCUT2D eigenvalue weighted by Gasteiger charge is -2.13. The van der Waals surface area contributed by atoms with Crippen LogP contribution in [0.2, 0.25) is 0 Å². The molecule has 0 heterocycles. The van der Waals surface area contributed by atoms with E-state index in [1.54, 1.807) is 0 Å². The van der Waals surface area contributed by atoms with E-state index in [2.05, 4.69) is 26.8 Å². The Hall–Kier alpha value is -0.860. The van der Waals surface area contributed by atoms with Crippen LogP contribution >= 0.6 is 0 Å². The molecule has 114 valence electrons. The first-order valence-electron chi connectivity index (χ1n) is 7.97. The monoisotopic (exact) mass is 278 g/mol. The molecule has 0 saturated heterocycles. The summed E-state index contributed by atoms with van der Waals surface area (Å²) in [6, 6.07) is 6.19. The van der Waals surface area contributed by atoms with Gasteiger partial charge in [-0.3, -0.25) is 0 Å². The number of hydrogen-bond acceptors (Lipinski definition) is 2. The fraction of sp³-hybridized carbons (Fsp3) is 0.667. The maximum atomic E-state index is 10.1. The number of ether oxygens (including phenoxy) is 1. The average Bonchev–Trinajstić information content (AvgIpc) is 2.40. The van der Waals surface area contributed by atoms with Crippen LogP contribution in [-0.4, -0.2) is 18.3 Å². The zero-order chi connectivity index (χ0) is 14.8. The molecule has 1 aromatic rings. The molecule has 0 aliphatic rings. The lowest BCUT2D eigenvalue weighted by Crippen LogP contribution is -2.08. The van der Waals surface area contributed by atoms with Crippen molar-refractivity contribution in [1.29, 1.82) is 0 Å². The van der Waals surface area contributed by atoms with Crippen LogP contribution < -0.4 is 0 Å². The van der Waals surface area contributed by atoms with Gasteiger partial charge in [0.15, 0.2) is 0 Å². The first-order chi connectivity index (χ1) is 9.63. The minimum Gasteiger partial charge on any atom is -0.386 e. The maximum absolute atomic E-state index is 10.1. The molecule has 1 N–H and O–H groups in total. The van der Waals surface area contributed by atoms with Gasteiger partial charge in [-0.25, -0.2) is 0 Å². The second-order valence-corrected chi connectivity index (χ2v) is 5.78. The Bertz CT molecular complexity index is 353. The summed E-state index contributed by atoms with van der Waals surface area (Å²) < 4.78 is 5.59. The molecule has 0 amide bonds. The molecule has 0 aromatic heterocycles. The third-order valence-corrected chi connectivity index (χ3v) is 3.55. The van der Waals surface area contributed by atoms with Gasteiger partial charge >= 0.3 is 0 Å². The van der Waals surface area contributed by atoms with Crippen molar-refractivity contribution in [3.8, 4) is 0 Å². The van der Waals surface area contributed by atoms with Crippen LogP contribution in [0.5, 0.6) is 0 Å². The SMILES string of the molecule is CCCCCCCCOCC(O)c1cc(C)cc(C)c1. The van der Waals surface area contributed by atoms with Gasteiger partial charge < -0.3 is 9.84 Å². The van der Waals surface area contributed by atoms with Gasteiger partial charge in [0, 0.05) is 6.61 Å². The Morgan fingerprint density at radius 3 is 2.20 bits per heavy atom. The highest BCUT2D eigenvalue weighted by atomic mass is 16.5. The molecule has 1 aromatic carbocycles. The van der Waals surface area contributed by atoms with Gasteiger partial charge in [-0.05, 0) is 25.8 Å². The van der Waals surface area contributed by atoms with Crippen LogP contribution in [0.4, 0.5) is 0 Å². The second kappa shape index (κ2) is 9.95. The molecule has 20 heavy (non-hydrogen) atoms. The number of aliphatic hydroxyl groups excluding tert-OH is 1. The molecular formula is C18H30O2. The zero-order valence-corrected chi connectivity index (χ0v) is 13.3. The summed E-state index contributed by atoms with van der Waals surface area (Å²) >= 11 is 0. The summed E-state index contributed by atoms with van der Waals surface area (Å²) in [6.07, 6.45) is 7.10. The summed E-state index contributed by atoms with van der Waals surface area (Å²) in [5, 5.41) is 10.1. The van der Waals surface area contributed by atoms with Crippen LogP contribution in [0.25, 0.3) is 0 Å². The van der Waals surface area contributed by atoms with Gasteiger partial charge in [-0.1, -0.05) is 68.4 Å². The van der Waals surface area contributed by atoms with E-state index in [4.69, 9.17) is 4.74 Å². The minimum atomic E-state index is -0.506. The highest BCUT2D eigenvalue weighted by Gasteiger charge is 2.08. The summed E-state index contributed by atoms with van der Waals surface area (Å²) in [5.41, 5.74) is 3.34. The Morgan fingerprint density at radius 1 is 0.950 bits per heavy atom. The van der Waals surface area contributed by atoms with Crippen LogP contribution in [0.15, 0.2) is 18.2 Å². The number of aliphatic hydroxyl groups is 1. The molecule has 0 radical (unpaired) electrons. The number of unbranched alkanes of at least 4 members (excludes halogenated alkanes) is 5. The molecule has 2 nitrogen and oxygen atoms in total. The fourth-order valence-corrected chi connectivity index (χ4v) is 2.48. The summed E-state index contributed by atoms with van der Waals surface area (Å²) in [7, 11) is 0. The third kappa shape index (κ3) is 7.06. The number of hydrogen-bond donors (Lipinski definition) is 1. The first-order valence-corrected chi connectivity index (χ1v) is 7.97. The van der Waals surface area contributed by atoms with E-state index in [1.165, 1.54) is 43.2 Å². The Kier molecular flexibility index (Phi) is 8.56. The summed E-state index contributed by atoms with van der Waals surface area (Å²) in [6.45, 7) is 7.50. The molecule has 0 aliphatic heterocycles. The van der Waals surface area contributed by atoms with Crippen LogP contribution in [0, 0.1) is 13.8 Å². The van der Waals surface area contributed by atoms with Crippen LogP contribution in [0.3, 0.4) is 0 Å². The predicted octanol–water partition coefficient (Wildman–Crippen LogP) is 4.71.